The zero-order valence-corrected chi connectivity index (χ0v) is 13.4. The van der Waals surface area contributed by atoms with Gasteiger partial charge in [-0.15, -0.1) is 0 Å². The Balaban J connectivity index is 1.84. The molecule has 2 rings (SSSR count). The molecule has 0 aliphatic carbocycles. The molecular weight excluding hydrogens is 274 g/mol. The molecule has 118 valence electrons. The molecule has 0 aromatic heterocycles. The molecule has 0 aliphatic rings. The van der Waals surface area contributed by atoms with Crippen LogP contribution in [-0.2, 0) is 13.0 Å². The Morgan fingerprint density at radius 1 is 1.09 bits per heavy atom. The summed E-state index contributed by atoms with van der Waals surface area (Å²) in [6, 6.07) is 16.6. The highest BCUT2D eigenvalue weighted by molar-refractivity contribution is 5.30. The second kappa shape index (κ2) is 8.57. The topological polar surface area (TPSA) is 41.5 Å². The molecular formula is C19H25NO2. The lowest BCUT2D eigenvalue weighted by molar-refractivity contribution is 0.282. The van der Waals surface area contributed by atoms with Crippen LogP contribution in [0.1, 0.15) is 36.6 Å². The van der Waals surface area contributed by atoms with E-state index in [0.717, 1.165) is 24.3 Å². The van der Waals surface area contributed by atoms with Crippen LogP contribution in [0, 0.1) is 0 Å². The maximum atomic E-state index is 9.04. The molecule has 0 bridgehead atoms. The maximum absolute atomic E-state index is 9.04. The van der Waals surface area contributed by atoms with E-state index >= 15 is 0 Å². The van der Waals surface area contributed by atoms with E-state index in [2.05, 4.69) is 36.5 Å². The first-order valence-electron chi connectivity index (χ1n) is 7.87. The van der Waals surface area contributed by atoms with E-state index in [4.69, 9.17) is 9.84 Å². The molecule has 0 amide bonds. The fourth-order valence-electron chi connectivity index (χ4n) is 2.40. The number of ether oxygens (including phenoxy) is 1. The zero-order valence-electron chi connectivity index (χ0n) is 13.4. The van der Waals surface area contributed by atoms with Gasteiger partial charge in [0.2, 0.25) is 0 Å². The van der Waals surface area contributed by atoms with Gasteiger partial charge in [-0.3, -0.25) is 0 Å². The summed E-state index contributed by atoms with van der Waals surface area (Å²) in [6.45, 7) is 5.87. The number of aliphatic hydroxyl groups is 1. The highest BCUT2D eigenvalue weighted by atomic mass is 16.5. The highest BCUT2D eigenvalue weighted by Crippen LogP contribution is 2.19. The van der Waals surface area contributed by atoms with Gasteiger partial charge in [0.25, 0.3) is 0 Å². The average Bonchev–Trinajstić information content (AvgIpc) is 2.56. The fourth-order valence-corrected chi connectivity index (χ4v) is 2.40. The maximum Gasteiger partial charge on any atom is 0.119 e. The summed E-state index contributed by atoms with van der Waals surface area (Å²) < 4.78 is 5.54. The monoisotopic (exact) mass is 299 g/mol. The quantitative estimate of drug-likeness (QED) is 0.784. The molecule has 0 spiro atoms. The molecule has 2 aromatic carbocycles. The Hall–Kier alpha value is -1.84. The van der Waals surface area contributed by atoms with Crippen molar-refractivity contribution >= 4 is 0 Å². The van der Waals surface area contributed by atoms with Gasteiger partial charge in [-0.25, -0.2) is 0 Å². The van der Waals surface area contributed by atoms with E-state index in [1.54, 1.807) is 0 Å². The molecule has 2 aromatic rings. The largest absolute Gasteiger partial charge is 0.494 e. The van der Waals surface area contributed by atoms with Gasteiger partial charge in [0.05, 0.1) is 13.2 Å². The van der Waals surface area contributed by atoms with Crippen LogP contribution in [-0.4, -0.2) is 18.3 Å². The van der Waals surface area contributed by atoms with E-state index < -0.39 is 0 Å². The Morgan fingerprint density at radius 2 is 1.82 bits per heavy atom. The van der Waals surface area contributed by atoms with Gasteiger partial charge in [-0.1, -0.05) is 36.4 Å². The van der Waals surface area contributed by atoms with Crippen LogP contribution >= 0.6 is 0 Å². The highest BCUT2D eigenvalue weighted by Gasteiger charge is 2.05. The van der Waals surface area contributed by atoms with E-state index in [1.807, 2.05) is 31.2 Å². The number of rotatable bonds is 8. The number of benzene rings is 2. The standard InChI is InChI=1S/C19H25NO2/c1-3-22-19-6-4-5-18(13-19)15(2)20-12-11-16-7-9-17(14-21)10-8-16/h4-10,13,15,20-21H,3,11-12,14H2,1-2H3. The third kappa shape index (κ3) is 4.86. The van der Waals surface area contributed by atoms with Crippen LogP contribution in [0.25, 0.3) is 0 Å². The van der Waals surface area contributed by atoms with Crippen LogP contribution in [0.5, 0.6) is 5.75 Å². The van der Waals surface area contributed by atoms with Gasteiger partial charge in [0, 0.05) is 6.04 Å². The Morgan fingerprint density at radius 3 is 2.50 bits per heavy atom. The molecule has 1 unspecified atom stereocenters. The van der Waals surface area contributed by atoms with Crippen molar-refractivity contribution in [2.45, 2.75) is 32.9 Å². The molecule has 0 saturated heterocycles. The van der Waals surface area contributed by atoms with Crippen molar-refractivity contribution in [1.29, 1.82) is 0 Å². The first-order valence-corrected chi connectivity index (χ1v) is 7.87. The van der Waals surface area contributed by atoms with E-state index in [9.17, 15) is 0 Å². The Bertz CT molecular complexity index is 566. The molecule has 0 heterocycles. The number of hydrogen-bond acceptors (Lipinski definition) is 3. The zero-order chi connectivity index (χ0) is 15.8. The van der Waals surface area contributed by atoms with Crippen LogP contribution in [0.2, 0.25) is 0 Å². The van der Waals surface area contributed by atoms with Gasteiger partial charge in [0.15, 0.2) is 0 Å². The molecule has 3 heteroatoms. The molecule has 0 saturated carbocycles. The second-order valence-corrected chi connectivity index (χ2v) is 5.41. The molecule has 22 heavy (non-hydrogen) atoms. The number of hydrogen-bond donors (Lipinski definition) is 2. The SMILES string of the molecule is CCOc1cccc(C(C)NCCc2ccc(CO)cc2)c1. The predicted molar refractivity (Wildman–Crippen MR) is 90.1 cm³/mol. The lowest BCUT2D eigenvalue weighted by Crippen LogP contribution is -2.21. The van der Waals surface area contributed by atoms with Gasteiger partial charge >= 0.3 is 0 Å². The fraction of sp³-hybridized carbons (Fsp3) is 0.368. The minimum atomic E-state index is 0.103. The molecule has 0 aliphatic heterocycles. The van der Waals surface area contributed by atoms with Crippen LogP contribution in [0.4, 0.5) is 0 Å². The first kappa shape index (κ1) is 16.5. The summed E-state index contributed by atoms with van der Waals surface area (Å²) in [5, 5.41) is 12.6. The third-order valence-electron chi connectivity index (χ3n) is 3.74. The predicted octanol–water partition coefficient (Wildman–Crippen LogP) is 3.47. The van der Waals surface area contributed by atoms with Crippen molar-refractivity contribution in [1.82, 2.24) is 5.32 Å². The van der Waals surface area contributed by atoms with E-state index in [-0.39, 0.29) is 12.6 Å². The lowest BCUT2D eigenvalue weighted by Gasteiger charge is -2.15. The summed E-state index contributed by atoms with van der Waals surface area (Å²) in [5.74, 6) is 0.924. The van der Waals surface area contributed by atoms with Gasteiger partial charge < -0.3 is 15.2 Å². The van der Waals surface area contributed by atoms with Crippen LogP contribution in [0.3, 0.4) is 0 Å². The molecule has 0 radical (unpaired) electrons. The summed E-state index contributed by atoms with van der Waals surface area (Å²) >= 11 is 0. The van der Waals surface area contributed by atoms with Crippen LogP contribution < -0.4 is 10.1 Å². The first-order chi connectivity index (χ1) is 10.7. The van der Waals surface area contributed by atoms with Crippen molar-refractivity contribution in [2.24, 2.45) is 0 Å². The van der Waals surface area contributed by atoms with E-state index in [0.29, 0.717) is 6.61 Å². The normalized spacial score (nSPS) is 12.1. The minimum Gasteiger partial charge on any atom is -0.494 e. The van der Waals surface area contributed by atoms with Crippen molar-refractivity contribution < 1.29 is 9.84 Å². The third-order valence-corrected chi connectivity index (χ3v) is 3.74. The van der Waals surface area contributed by atoms with Crippen molar-refractivity contribution in [3.63, 3.8) is 0 Å². The molecule has 1 atom stereocenters. The minimum absolute atomic E-state index is 0.103. The molecule has 0 fully saturated rings. The van der Waals surface area contributed by atoms with Gasteiger partial charge in [0.1, 0.15) is 5.75 Å². The van der Waals surface area contributed by atoms with Crippen molar-refractivity contribution in [3.05, 3.63) is 65.2 Å². The summed E-state index contributed by atoms with van der Waals surface area (Å²) in [5.41, 5.74) is 3.47. The van der Waals surface area contributed by atoms with Gasteiger partial charge in [-0.05, 0) is 55.6 Å². The van der Waals surface area contributed by atoms with Crippen molar-refractivity contribution in [3.8, 4) is 5.75 Å². The second-order valence-electron chi connectivity index (χ2n) is 5.41. The molecule has 2 N–H and O–H groups in total. The summed E-state index contributed by atoms with van der Waals surface area (Å²) in [4.78, 5) is 0. The summed E-state index contributed by atoms with van der Waals surface area (Å²) in [7, 11) is 0. The van der Waals surface area contributed by atoms with Crippen molar-refractivity contribution in [2.75, 3.05) is 13.2 Å². The number of nitrogens with one attached hydrogen (secondary N) is 1. The average molecular weight is 299 g/mol. The number of aliphatic hydroxyl groups excluding tert-OH is 1. The van der Waals surface area contributed by atoms with Gasteiger partial charge in [-0.2, -0.15) is 0 Å². The smallest absolute Gasteiger partial charge is 0.119 e. The Kier molecular flexibility index (Phi) is 6.44. The Labute approximate surface area is 133 Å². The van der Waals surface area contributed by atoms with E-state index in [1.165, 1.54) is 11.1 Å². The summed E-state index contributed by atoms with van der Waals surface area (Å²) in [6.07, 6.45) is 0.973. The van der Waals surface area contributed by atoms with Crippen LogP contribution in [0.15, 0.2) is 48.5 Å². The lowest BCUT2D eigenvalue weighted by atomic mass is 10.1. The molecule has 3 nitrogen and oxygen atoms in total.